The fourth-order valence-electron chi connectivity index (χ4n) is 7.01. The zero-order valence-corrected chi connectivity index (χ0v) is 37.9. The molecule has 6 atom stereocenters. The highest BCUT2D eigenvalue weighted by Crippen LogP contribution is 2.47. The number of carbonyl (C=O) groups is 2. The van der Waals surface area contributed by atoms with Crippen molar-refractivity contribution in [3.8, 4) is 0 Å². The second kappa shape index (κ2) is 36.5. The van der Waals surface area contributed by atoms with E-state index in [0.717, 1.165) is 57.8 Å². The number of unbranched alkanes of at least 4 members (excludes halogenated alkanes) is 20. The molecule has 0 bridgehead atoms. The SMILES string of the molecule is CC/C=C\C/C=C\C/C=C\CCCCCC(=O)OC(COC(=O)CCCCCCCCCCCCCCCCCCCC)COP(=O)(O)OC1C(O)C(O)C(O)C(O)C1O. The highest BCUT2D eigenvalue weighted by atomic mass is 31.2. The van der Waals surface area contributed by atoms with Gasteiger partial charge in [0.1, 0.15) is 43.2 Å². The molecule has 6 unspecified atom stereocenters. The molecule has 1 aliphatic carbocycles. The molecule has 0 aromatic carbocycles. The van der Waals surface area contributed by atoms with Gasteiger partial charge in [0.15, 0.2) is 6.10 Å². The van der Waals surface area contributed by atoms with Crippen molar-refractivity contribution in [2.24, 2.45) is 0 Å². The van der Waals surface area contributed by atoms with Crippen LogP contribution in [-0.2, 0) is 32.7 Å². The summed E-state index contributed by atoms with van der Waals surface area (Å²) in [6.45, 7) is 3.17. The molecule has 350 valence electrons. The van der Waals surface area contributed by atoms with Crippen molar-refractivity contribution < 1.29 is 63.1 Å². The molecule has 1 rings (SSSR count). The molecule has 6 N–H and O–H groups in total. The minimum atomic E-state index is -5.12. The molecule has 14 heteroatoms. The Bertz CT molecular complexity index is 1190. The zero-order valence-electron chi connectivity index (χ0n) is 37.0. The largest absolute Gasteiger partial charge is 0.472 e. The maximum Gasteiger partial charge on any atom is 0.472 e. The molecule has 1 aliphatic rings. The van der Waals surface area contributed by atoms with Crippen molar-refractivity contribution in [3.05, 3.63) is 36.5 Å². The lowest BCUT2D eigenvalue weighted by Gasteiger charge is -2.41. The number of hydrogen-bond donors (Lipinski definition) is 6. The molecule has 1 saturated carbocycles. The summed E-state index contributed by atoms with van der Waals surface area (Å²) in [5.41, 5.74) is 0. The van der Waals surface area contributed by atoms with E-state index in [1.165, 1.54) is 89.9 Å². The molecule has 0 heterocycles. The van der Waals surface area contributed by atoms with Gasteiger partial charge in [0.2, 0.25) is 0 Å². The van der Waals surface area contributed by atoms with E-state index in [-0.39, 0.29) is 12.8 Å². The number of esters is 2. The van der Waals surface area contributed by atoms with Gasteiger partial charge in [-0.3, -0.25) is 18.6 Å². The van der Waals surface area contributed by atoms with E-state index in [4.69, 9.17) is 18.5 Å². The summed E-state index contributed by atoms with van der Waals surface area (Å²) >= 11 is 0. The maximum atomic E-state index is 12.8. The number of carbonyl (C=O) groups excluding carboxylic acids is 2. The summed E-state index contributed by atoms with van der Waals surface area (Å²) in [4.78, 5) is 35.7. The van der Waals surface area contributed by atoms with E-state index in [9.17, 15) is 44.6 Å². The molecule has 0 saturated heterocycles. The fourth-order valence-corrected chi connectivity index (χ4v) is 7.98. The lowest BCUT2D eigenvalue weighted by molar-refractivity contribution is -0.220. The summed E-state index contributed by atoms with van der Waals surface area (Å²) in [6, 6.07) is 0. The monoisotopic (exact) mass is 875 g/mol. The van der Waals surface area contributed by atoms with Gasteiger partial charge in [0.05, 0.1) is 6.61 Å². The first kappa shape index (κ1) is 56.1. The molecule has 0 aromatic rings. The Labute approximate surface area is 361 Å². The molecule has 0 radical (unpaired) electrons. The number of rotatable bonds is 38. The molecule has 0 aliphatic heterocycles. The molecular formula is C46H83O13P. The van der Waals surface area contributed by atoms with Crippen molar-refractivity contribution in [1.29, 1.82) is 0 Å². The number of aliphatic hydroxyl groups is 5. The van der Waals surface area contributed by atoms with Gasteiger partial charge in [-0.05, 0) is 44.9 Å². The predicted octanol–water partition coefficient (Wildman–Crippen LogP) is 9.00. The lowest BCUT2D eigenvalue weighted by atomic mass is 9.85. The van der Waals surface area contributed by atoms with E-state index in [1.54, 1.807) is 0 Å². The Morgan fingerprint density at radius 1 is 0.533 bits per heavy atom. The van der Waals surface area contributed by atoms with E-state index in [0.29, 0.717) is 12.8 Å². The Kier molecular flexibility index (Phi) is 34.2. The van der Waals surface area contributed by atoms with Gasteiger partial charge in [0.25, 0.3) is 0 Å². The summed E-state index contributed by atoms with van der Waals surface area (Å²) < 4.78 is 33.5. The van der Waals surface area contributed by atoms with E-state index >= 15 is 0 Å². The average Bonchev–Trinajstić information content (AvgIpc) is 3.23. The third kappa shape index (κ3) is 28.6. The minimum absolute atomic E-state index is 0.0628. The first-order valence-electron chi connectivity index (χ1n) is 23.3. The molecule has 13 nitrogen and oxygen atoms in total. The maximum absolute atomic E-state index is 12.8. The number of phosphoric ester groups is 1. The van der Waals surface area contributed by atoms with Crippen molar-refractivity contribution in [3.63, 3.8) is 0 Å². The van der Waals surface area contributed by atoms with Crippen molar-refractivity contribution in [2.45, 2.75) is 230 Å². The summed E-state index contributed by atoms with van der Waals surface area (Å²) in [7, 11) is -5.12. The van der Waals surface area contributed by atoms with Gasteiger partial charge in [-0.15, -0.1) is 0 Å². The van der Waals surface area contributed by atoms with Crippen LogP contribution >= 0.6 is 7.82 Å². The summed E-state index contributed by atoms with van der Waals surface area (Å²) in [6.07, 6.45) is 27.8. The number of phosphoric acid groups is 1. The van der Waals surface area contributed by atoms with Crippen molar-refractivity contribution in [1.82, 2.24) is 0 Å². The first-order valence-corrected chi connectivity index (χ1v) is 24.8. The van der Waals surface area contributed by atoms with Gasteiger partial charge in [-0.2, -0.15) is 0 Å². The first-order chi connectivity index (χ1) is 28.9. The van der Waals surface area contributed by atoms with E-state index < -0.39 is 75.7 Å². The quantitative estimate of drug-likeness (QED) is 0.0148. The Morgan fingerprint density at radius 3 is 1.45 bits per heavy atom. The lowest BCUT2D eigenvalue weighted by Crippen LogP contribution is -2.64. The van der Waals surface area contributed by atoms with E-state index in [2.05, 4.69) is 50.3 Å². The van der Waals surface area contributed by atoms with Crippen LogP contribution in [0.5, 0.6) is 0 Å². The van der Waals surface area contributed by atoms with Crippen LogP contribution in [0.2, 0.25) is 0 Å². The molecule has 1 fully saturated rings. The third-order valence-electron chi connectivity index (χ3n) is 10.7. The normalized spacial score (nSPS) is 22.5. The number of ether oxygens (including phenoxy) is 2. The topological polar surface area (TPSA) is 210 Å². The van der Waals surface area contributed by atoms with Gasteiger partial charge >= 0.3 is 19.8 Å². The molecule has 0 aromatic heterocycles. The number of hydrogen-bond acceptors (Lipinski definition) is 12. The van der Waals surface area contributed by atoms with Crippen LogP contribution in [0.3, 0.4) is 0 Å². The van der Waals surface area contributed by atoms with Crippen LogP contribution in [0, 0.1) is 0 Å². The number of allylic oxidation sites excluding steroid dienone is 6. The van der Waals surface area contributed by atoms with Crippen LogP contribution in [0.1, 0.15) is 187 Å². The smallest absolute Gasteiger partial charge is 0.462 e. The summed E-state index contributed by atoms with van der Waals surface area (Å²) in [5, 5.41) is 50.1. The second-order valence-electron chi connectivity index (χ2n) is 16.2. The van der Waals surface area contributed by atoms with Gasteiger partial charge < -0.3 is 39.9 Å². The molecule has 0 spiro atoms. The Balaban J connectivity index is 2.44. The average molecular weight is 875 g/mol. The van der Waals surface area contributed by atoms with Gasteiger partial charge in [0, 0.05) is 12.8 Å². The Hall–Kier alpha value is -1.93. The van der Waals surface area contributed by atoms with Crippen LogP contribution in [-0.4, -0.2) is 98.3 Å². The summed E-state index contributed by atoms with van der Waals surface area (Å²) in [5.74, 6) is -1.13. The highest BCUT2D eigenvalue weighted by molar-refractivity contribution is 7.47. The molecule has 0 amide bonds. The molecule has 60 heavy (non-hydrogen) atoms. The zero-order chi connectivity index (χ0) is 44.3. The van der Waals surface area contributed by atoms with Crippen LogP contribution in [0.25, 0.3) is 0 Å². The standard InChI is InChI=1S/C46H83O13P/c1-3-5-7-9-11-13-15-17-18-19-20-21-23-24-26-28-30-32-34-39(47)56-36-38(37-57-60(54,55)59-46-44(52)42(50)41(49)43(51)45(46)53)58-40(48)35-33-31-29-27-25-22-16-14-12-10-8-6-4-2/h6,8,12,14,22,25,38,41-46,49-53H,3-5,7,9-11,13,15-21,23-24,26-37H2,1-2H3,(H,54,55)/b8-6-,14-12-,25-22-. The number of aliphatic hydroxyl groups excluding tert-OH is 5. The van der Waals surface area contributed by atoms with Gasteiger partial charge in [-0.25, -0.2) is 4.57 Å². The van der Waals surface area contributed by atoms with Crippen molar-refractivity contribution in [2.75, 3.05) is 13.2 Å². The highest BCUT2D eigenvalue weighted by Gasteiger charge is 2.51. The Morgan fingerprint density at radius 2 is 0.950 bits per heavy atom. The van der Waals surface area contributed by atoms with Crippen LogP contribution in [0.15, 0.2) is 36.5 Å². The second-order valence-corrected chi connectivity index (χ2v) is 17.6. The minimum Gasteiger partial charge on any atom is -0.462 e. The fraction of sp³-hybridized carbons (Fsp3) is 0.826. The van der Waals surface area contributed by atoms with Crippen molar-refractivity contribution >= 4 is 19.8 Å². The molecular weight excluding hydrogens is 791 g/mol. The predicted molar refractivity (Wildman–Crippen MR) is 235 cm³/mol. The third-order valence-corrected chi connectivity index (χ3v) is 11.7. The van der Waals surface area contributed by atoms with Crippen LogP contribution < -0.4 is 0 Å². The van der Waals surface area contributed by atoms with Crippen LogP contribution in [0.4, 0.5) is 0 Å². The van der Waals surface area contributed by atoms with E-state index in [1.807, 2.05) is 0 Å². The van der Waals surface area contributed by atoms with Gasteiger partial charge in [-0.1, -0.05) is 166 Å².